The molecule has 11 heavy (non-hydrogen) atoms. The van der Waals surface area contributed by atoms with Gasteiger partial charge in [-0.3, -0.25) is 0 Å². The van der Waals surface area contributed by atoms with Gasteiger partial charge in [-0.1, -0.05) is 44.9 Å². The van der Waals surface area contributed by atoms with Crippen molar-refractivity contribution in [2.45, 2.75) is 51.5 Å². The molecule has 0 bridgehead atoms. The van der Waals surface area contributed by atoms with Crippen LogP contribution in [0.4, 0.5) is 0 Å². The second-order valence-electron chi connectivity index (χ2n) is 2.98. The minimum absolute atomic E-state index is 0.0170. The van der Waals surface area contributed by atoms with E-state index in [-0.39, 0.29) is 6.04 Å². The Bertz CT molecular complexity index is 113. The van der Waals surface area contributed by atoms with Gasteiger partial charge in [-0.2, -0.15) is 0 Å². The van der Waals surface area contributed by atoms with Crippen molar-refractivity contribution in [1.82, 2.24) is 0 Å². The van der Waals surface area contributed by atoms with Crippen molar-refractivity contribution in [2.75, 3.05) is 0 Å². The number of hydrogen-bond donors (Lipinski definition) is 1. The van der Waals surface area contributed by atoms with Gasteiger partial charge in [0, 0.05) is 0 Å². The van der Waals surface area contributed by atoms with E-state index in [4.69, 9.17) is 12.2 Å². The molecule has 1 heteroatoms. The molecule has 1 nitrogen and oxygen atoms in total. The average molecular weight is 153 g/mol. The van der Waals surface area contributed by atoms with Gasteiger partial charge in [-0.15, -0.1) is 6.42 Å². The molecule has 0 fully saturated rings. The molecule has 0 rings (SSSR count). The number of terminal acetylenes is 1. The molecular formula is C10H19N. The highest BCUT2D eigenvalue weighted by atomic mass is 14.6. The Balaban J connectivity index is 2.97. The van der Waals surface area contributed by atoms with Crippen molar-refractivity contribution in [3.05, 3.63) is 0 Å². The van der Waals surface area contributed by atoms with Crippen molar-refractivity contribution >= 4 is 0 Å². The maximum atomic E-state index is 5.55. The zero-order valence-electron chi connectivity index (χ0n) is 7.47. The minimum Gasteiger partial charge on any atom is -0.318 e. The zero-order valence-corrected chi connectivity index (χ0v) is 7.47. The lowest BCUT2D eigenvalue weighted by molar-refractivity contribution is 0.589. The summed E-state index contributed by atoms with van der Waals surface area (Å²) in [5.41, 5.74) is 5.55. The lowest BCUT2D eigenvalue weighted by Gasteiger charge is -2.02. The van der Waals surface area contributed by atoms with Crippen LogP contribution >= 0.6 is 0 Å². The summed E-state index contributed by atoms with van der Waals surface area (Å²) in [5.74, 6) is 2.53. The number of nitrogens with two attached hydrogens (primary N) is 1. The molecule has 0 radical (unpaired) electrons. The standard InChI is InChI=1S/C10H19N/c1-3-5-6-7-8-9-10(11)4-2/h2,10H,3,5-9,11H2,1H3. The maximum absolute atomic E-state index is 5.55. The summed E-state index contributed by atoms with van der Waals surface area (Å²) in [6, 6.07) is -0.0170. The fourth-order valence-corrected chi connectivity index (χ4v) is 1.05. The third-order valence-corrected chi connectivity index (χ3v) is 1.83. The van der Waals surface area contributed by atoms with E-state index in [1.165, 1.54) is 32.1 Å². The first kappa shape index (κ1) is 10.5. The lowest BCUT2D eigenvalue weighted by atomic mass is 10.1. The fraction of sp³-hybridized carbons (Fsp3) is 0.800. The first-order chi connectivity index (χ1) is 5.31. The Morgan fingerprint density at radius 2 is 1.91 bits per heavy atom. The number of hydrogen-bond acceptors (Lipinski definition) is 1. The third kappa shape index (κ3) is 7.42. The average Bonchev–Trinajstić information content (AvgIpc) is 2.04. The molecule has 64 valence electrons. The van der Waals surface area contributed by atoms with Crippen LogP contribution in [0.3, 0.4) is 0 Å². The van der Waals surface area contributed by atoms with Crippen molar-refractivity contribution in [3.8, 4) is 12.3 Å². The molecule has 0 spiro atoms. The lowest BCUT2D eigenvalue weighted by Crippen LogP contribution is -2.16. The highest BCUT2D eigenvalue weighted by Crippen LogP contribution is 2.05. The summed E-state index contributed by atoms with van der Waals surface area (Å²) >= 11 is 0. The van der Waals surface area contributed by atoms with Crippen LogP contribution in [-0.2, 0) is 0 Å². The highest BCUT2D eigenvalue weighted by Gasteiger charge is 1.95. The third-order valence-electron chi connectivity index (χ3n) is 1.83. The largest absolute Gasteiger partial charge is 0.318 e. The van der Waals surface area contributed by atoms with Gasteiger partial charge in [-0.05, 0) is 6.42 Å². The minimum atomic E-state index is -0.0170. The van der Waals surface area contributed by atoms with Crippen LogP contribution < -0.4 is 5.73 Å². The predicted molar refractivity (Wildman–Crippen MR) is 50.2 cm³/mol. The SMILES string of the molecule is C#CC(N)CCCCCCC. The highest BCUT2D eigenvalue weighted by molar-refractivity contribution is 4.95. The molecule has 0 heterocycles. The van der Waals surface area contributed by atoms with E-state index in [9.17, 15) is 0 Å². The molecule has 0 aromatic carbocycles. The maximum Gasteiger partial charge on any atom is 0.0661 e. The fourth-order valence-electron chi connectivity index (χ4n) is 1.05. The van der Waals surface area contributed by atoms with Gasteiger partial charge in [0.05, 0.1) is 6.04 Å². The van der Waals surface area contributed by atoms with Gasteiger partial charge in [0.15, 0.2) is 0 Å². The Morgan fingerprint density at radius 3 is 2.45 bits per heavy atom. The molecule has 0 aliphatic rings. The Labute approximate surface area is 70.4 Å². The van der Waals surface area contributed by atoms with Gasteiger partial charge in [0.2, 0.25) is 0 Å². The van der Waals surface area contributed by atoms with E-state index >= 15 is 0 Å². The zero-order chi connectivity index (χ0) is 8.53. The van der Waals surface area contributed by atoms with Gasteiger partial charge >= 0.3 is 0 Å². The molecule has 2 N–H and O–H groups in total. The van der Waals surface area contributed by atoms with E-state index in [2.05, 4.69) is 12.8 Å². The smallest absolute Gasteiger partial charge is 0.0661 e. The summed E-state index contributed by atoms with van der Waals surface area (Å²) in [5, 5.41) is 0. The first-order valence-corrected chi connectivity index (χ1v) is 4.53. The normalized spacial score (nSPS) is 12.5. The summed E-state index contributed by atoms with van der Waals surface area (Å²) in [4.78, 5) is 0. The Hall–Kier alpha value is -0.480. The van der Waals surface area contributed by atoms with Gasteiger partial charge in [-0.25, -0.2) is 0 Å². The summed E-state index contributed by atoms with van der Waals surface area (Å²) in [6.07, 6.45) is 12.5. The van der Waals surface area contributed by atoms with Crippen LogP contribution in [0.2, 0.25) is 0 Å². The quantitative estimate of drug-likeness (QED) is 0.460. The Kier molecular flexibility index (Phi) is 7.29. The monoisotopic (exact) mass is 153 g/mol. The van der Waals surface area contributed by atoms with Crippen molar-refractivity contribution in [2.24, 2.45) is 5.73 Å². The van der Waals surface area contributed by atoms with E-state index < -0.39 is 0 Å². The summed E-state index contributed by atoms with van der Waals surface area (Å²) < 4.78 is 0. The Morgan fingerprint density at radius 1 is 1.27 bits per heavy atom. The summed E-state index contributed by atoms with van der Waals surface area (Å²) in [7, 11) is 0. The second kappa shape index (κ2) is 7.63. The molecule has 0 aromatic heterocycles. The summed E-state index contributed by atoms with van der Waals surface area (Å²) in [6.45, 7) is 2.22. The van der Waals surface area contributed by atoms with Gasteiger partial charge in [0.1, 0.15) is 0 Å². The van der Waals surface area contributed by atoms with Gasteiger partial charge in [0.25, 0.3) is 0 Å². The molecule has 0 aliphatic heterocycles. The van der Waals surface area contributed by atoms with Crippen LogP contribution in [0, 0.1) is 12.3 Å². The second-order valence-corrected chi connectivity index (χ2v) is 2.98. The van der Waals surface area contributed by atoms with Crippen molar-refractivity contribution in [3.63, 3.8) is 0 Å². The van der Waals surface area contributed by atoms with E-state index in [0.717, 1.165) is 6.42 Å². The molecule has 0 saturated heterocycles. The van der Waals surface area contributed by atoms with Crippen LogP contribution in [0.5, 0.6) is 0 Å². The van der Waals surface area contributed by atoms with Crippen LogP contribution in [0.25, 0.3) is 0 Å². The van der Waals surface area contributed by atoms with E-state index in [0.29, 0.717) is 0 Å². The molecule has 1 atom stereocenters. The van der Waals surface area contributed by atoms with Crippen molar-refractivity contribution < 1.29 is 0 Å². The van der Waals surface area contributed by atoms with Gasteiger partial charge < -0.3 is 5.73 Å². The molecule has 0 aromatic rings. The van der Waals surface area contributed by atoms with Crippen molar-refractivity contribution in [1.29, 1.82) is 0 Å². The molecule has 0 saturated carbocycles. The molecule has 1 unspecified atom stereocenters. The van der Waals surface area contributed by atoms with Crippen LogP contribution in [0.15, 0.2) is 0 Å². The van der Waals surface area contributed by atoms with Crippen LogP contribution in [0.1, 0.15) is 45.4 Å². The predicted octanol–water partition coefficient (Wildman–Crippen LogP) is 2.31. The van der Waals surface area contributed by atoms with Crippen LogP contribution in [-0.4, -0.2) is 6.04 Å². The molecule has 0 aliphatic carbocycles. The first-order valence-electron chi connectivity index (χ1n) is 4.53. The molecule has 0 amide bonds. The van der Waals surface area contributed by atoms with E-state index in [1.807, 2.05) is 0 Å². The topological polar surface area (TPSA) is 26.0 Å². The number of unbranched alkanes of at least 4 members (excludes halogenated alkanes) is 4. The number of rotatable bonds is 6. The van der Waals surface area contributed by atoms with E-state index in [1.54, 1.807) is 0 Å². The molecular weight excluding hydrogens is 134 g/mol.